The first kappa shape index (κ1) is 15.7. The molecule has 4 N–H and O–H groups in total. The first-order valence-electron chi connectivity index (χ1n) is 6.59. The van der Waals surface area contributed by atoms with E-state index in [2.05, 4.69) is 17.3 Å². The van der Waals surface area contributed by atoms with Crippen LogP contribution in [0.3, 0.4) is 0 Å². The van der Waals surface area contributed by atoms with E-state index in [9.17, 15) is 9.59 Å². The van der Waals surface area contributed by atoms with Gasteiger partial charge in [-0.1, -0.05) is 0 Å². The van der Waals surface area contributed by atoms with Gasteiger partial charge in [-0.3, -0.25) is 4.79 Å². The molecule has 1 rings (SSSR count). The van der Waals surface area contributed by atoms with Crippen LogP contribution in [0.25, 0.3) is 0 Å². The molecule has 2 atom stereocenters. The summed E-state index contributed by atoms with van der Waals surface area (Å²) in [6, 6.07) is -0.799. The zero-order chi connectivity index (χ0) is 14.4. The van der Waals surface area contributed by atoms with Gasteiger partial charge in [0.15, 0.2) is 0 Å². The number of nitrogens with zero attached hydrogens (tertiary/aromatic N) is 2. The minimum Gasteiger partial charge on any atom is -0.480 e. The van der Waals surface area contributed by atoms with E-state index in [4.69, 9.17) is 10.8 Å². The molecule has 0 aromatic rings. The van der Waals surface area contributed by atoms with Crippen molar-refractivity contribution in [3.8, 4) is 0 Å². The number of carbonyl (C=O) groups is 2. The summed E-state index contributed by atoms with van der Waals surface area (Å²) in [5.41, 5.74) is 5.32. The Kier molecular flexibility index (Phi) is 6.04. The average Bonchev–Trinajstić information content (AvgIpc) is 2.77. The molecule has 0 aromatic heterocycles. The van der Waals surface area contributed by atoms with Gasteiger partial charge >= 0.3 is 12.0 Å². The highest BCUT2D eigenvalue weighted by atomic mass is 16.4. The molecule has 110 valence electrons. The Labute approximate surface area is 113 Å². The van der Waals surface area contributed by atoms with Gasteiger partial charge in [0.2, 0.25) is 0 Å². The minimum atomic E-state index is -1.12. The lowest BCUT2D eigenvalue weighted by molar-refractivity contribution is -0.138. The summed E-state index contributed by atoms with van der Waals surface area (Å²) in [7, 11) is 3.81. The molecular weight excluding hydrogens is 248 g/mol. The van der Waals surface area contributed by atoms with Gasteiger partial charge in [-0.2, -0.15) is 0 Å². The number of carboxylic acid groups (broad SMARTS) is 1. The molecule has 2 amide bonds. The van der Waals surface area contributed by atoms with Crippen LogP contribution < -0.4 is 11.1 Å². The monoisotopic (exact) mass is 272 g/mol. The molecule has 0 saturated carbocycles. The third kappa shape index (κ3) is 5.04. The maximum Gasteiger partial charge on any atom is 0.322 e. The molecule has 0 aromatic carbocycles. The summed E-state index contributed by atoms with van der Waals surface area (Å²) in [5.74, 6) is -1.12. The lowest BCUT2D eigenvalue weighted by atomic mass is 10.1. The van der Waals surface area contributed by atoms with Crippen molar-refractivity contribution in [2.75, 3.05) is 33.7 Å². The summed E-state index contributed by atoms with van der Waals surface area (Å²) in [4.78, 5) is 26.1. The van der Waals surface area contributed by atoms with Crippen LogP contribution in [0.15, 0.2) is 0 Å². The molecule has 19 heavy (non-hydrogen) atoms. The van der Waals surface area contributed by atoms with Crippen molar-refractivity contribution in [2.24, 2.45) is 5.73 Å². The standard InChI is InChI=1S/C12H24N4O3/c1-15-6-3-4-9(15)5-7-16(2)12(19)14-8-10(13)11(17)18/h9-10H,3-8,13H2,1-2H3,(H,14,19)(H,17,18)/t9?,10-/m0/s1. The Bertz CT molecular complexity index is 324. The lowest BCUT2D eigenvalue weighted by Crippen LogP contribution is -2.47. The van der Waals surface area contributed by atoms with Gasteiger partial charge in [-0.15, -0.1) is 0 Å². The van der Waals surface area contributed by atoms with E-state index in [1.54, 1.807) is 11.9 Å². The predicted octanol–water partition coefficient (Wildman–Crippen LogP) is -0.476. The first-order valence-corrected chi connectivity index (χ1v) is 6.59. The van der Waals surface area contributed by atoms with Crippen molar-refractivity contribution in [3.05, 3.63) is 0 Å². The van der Waals surface area contributed by atoms with Gasteiger partial charge < -0.3 is 26.0 Å². The van der Waals surface area contributed by atoms with E-state index in [0.717, 1.165) is 13.0 Å². The fraction of sp³-hybridized carbons (Fsp3) is 0.833. The van der Waals surface area contributed by atoms with E-state index < -0.39 is 12.0 Å². The summed E-state index contributed by atoms with van der Waals surface area (Å²) >= 11 is 0. The Balaban J connectivity index is 2.23. The van der Waals surface area contributed by atoms with Crippen LogP contribution in [0.4, 0.5) is 4.79 Å². The van der Waals surface area contributed by atoms with Gasteiger partial charge in [-0.05, 0) is 32.9 Å². The van der Waals surface area contributed by atoms with Gasteiger partial charge in [0.25, 0.3) is 0 Å². The highest BCUT2D eigenvalue weighted by Crippen LogP contribution is 2.17. The molecular formula is C12H24N4O3. The SMILES string of the molecule is CN(CCC1CCCN1C)C(=O)NC[C@H](N)C(=O)O. The van der Waals surface area contributed by atoms with Crippen molar-refractivity contribution in [1.29, 1.82) is 0 Å². The molecule has 0 bridgehead atoms. The third-order valence-corrected chi connectivity index (χ3v) is 3.61. The van der Waals surface area contributed by atoms with E-state index in [-0.39, 0.29) is 12.6 Å². The van der Waals surface area contributed by atoms with Crippen LogP contribution in [-0.4, -0.2) is 72.7 Å². The van der Waals surface area contributed by atoms with Crippen LogP contribution in [0.2, 0.25) is 0 Å². The van der Waals surface area contributed by atoms with E-state index in [1.807, 2.05) is 0 Å². The molecule has 1 aliphatic rings. The number of hydrogen-bond donors (Lipinski definition) is 3. The smallest absolute Gasteiger partial charge is 0.322 e. The van der Waals surface area contributed by atoms with E-state index >= 15 is 0 Å². The number of hydrogen-bond acceptors (Lipinski definition) is 4. The molecule has 0 aliphatic carbocycles. The first-order chi connectivity index (χ1) is 8.91. The average molecular weight is 272 g/mol. The zero-order valence-electron chi connectivity index (χ0n) is 11.6. The highest BCUT2D eigenvalue weighted by molar-refractivity contribution is 5.77. The van der Waals surface area contributed by atoms with E-state index in [0.29, 0.717) is 12.6 Å². The number of likely N-dealkylation sites (tertiary alicyclic amines) is 1. The number of rotatable bonds is 6. The third-order valence-electron chi connectivity index (χ3n) is 3.61. The van der Waals surface area contributed by atoms with Gasteiger partial charge in [0, 0.05) is 26.2 Å². The largest absolute Gasteiger partial charge is 0.480 e. The van der Waals surface area contributed by atoms with Crippen LogP contribution in [0.1, 0.15) is 19.3 Å². The molecule has 0 radical (unpaired) electrons. The minimum absolute atomic E-state index is 0.0537. The van der Waals surface area contributed by atoms with Crippen molar-refractivity contribution < 1.29 is 14.7 Å². The summed E-state index contributed by atoms with van der Waals surface area (Å²) < 4.78 is 0. The Morgan fingerprint density at radius 2 is 2.26 bits per heavy atom. The van der Waals surface area contributed by atoms with Crippen molar-refractivity contribution in [3.63, 3.8) is 0 Å². The topological polar surface area (TPSA) is 98.9 Å². The van der Waals surface area contributed by atoms with Crippen LogP contribution in [0, 0.1) is 0 Å². The highest BCUT2D eigenvalue weighted by Gasteiger charge is 2.22. The molecule has 1 aliphatic heterocycles. The van der Waals surface area contributed by atoms with Crippen LogP contribution in [-0.2, 0) is 4.79 Å². The zero-order valence-corrected chi connectivity index (χ0v) is 11.6. The fourth-order valence-corrected chi connectivity index (χ4v) is 2.21. The second kappa shape index (κ2) is 7.30. The summed E-state index contributed by atoms with van der Waals surface area (Å²) in [6.07, 6.45) is 3.33. The second-order valence-electron chi connectivity index (χ2n) is 5.12. The van der Waals surface area contributed by atoms with Crippen LogP contribution in [0.5, 0.6) is 0 Å². The van der Waals surface area contributed by atoms with Crippen molar-refractivity contribution in [1.82, 2.24) is 15.1 Å². The number of nitrogens with one attached hydrogen (secondary N) is 1. The summed E-state index contributed by atoms with van der Waals surface area (Å²) in [5, 5.41) is 11.1. The summed E-state index contributed by atoms with van der Waals surface area (Å²) in [6.45, 7) is 1.72. The molecule has 1 saturated heterocycles. The Morgan fingerprint density at radius 3 is 2.79 bits per heavy atom. The van der Waals surface area contributed by atoms with Crippen molar-refractivity contribution >= 4 is 12.0 Å². The number of aliphatic carboxylic acids is 1. The molecule has 0 spiro atoms. The lowest BCUT2D eigenvalue weighted by Gasteiger charge is -2.23. The fourth-order valence-electron chi connectivity index (χ4n) is 2.21. The van der Waals surface area contributed by atoms with Gasteiger partial charge in [0.1, 0.15) is 6.04 Å². The molecule has 1 unspecified atom stereocenters. The quantitative estimate of drug-likeness (QED) is 0.607. The number of nitrogens with two attached hydrogens (primary N) is 1. The predicted molar refractivity (Wildman–Crippen MR) is 71.9 cm³/mol. The number of carbonyl (C=O) groups excluding carboxylic acids is 1. The number of carboxylic acids is 1. The second-order valence-corrected chi connectivity index (χ2v) is 5.12. The maximum absolute atomic E-state index is 11.7. The molecule has 1 fully saturated rings. The Morgan fingerprint density at radius 1 is 1.58 bits per heavy atom. The normalized spacial score (nSPS) is 21.1. The number of amides is 2. The van der Waals surface area contributed by atoms with Gasteiger partial charge in [-0.25, -0.2) is 4.79 Å². The van der Waals surface area contributed by atoms with Crippen molar-refractivity contribution in [2.45, 2.75) is 31.3 Å². The molecule has 1 heterocycles. The van der Waals surface area contributed by atoms with E-state index in [1.165, 1.54) is 12.8 Å². The van der Waals surface area contributed by atoms with Gasteiger partial charge in [0.05, 0.1) is 0 Å². The molecule has 7 nitrogen and oxygen atoms in total. The molecule has 7 heteroatoms. The van der Waals surface area contributed by atoms with Crippen LogP contribution >= 0.6 is 0 Å². The maximum atomic E-state index is 11.7. The number of urea groups is 1. The Hall–Kier alpha value is -1.34.